The molecule has 2 aromatic carbocycles. The highest BCUT2D eigenvalue weighted by Crippen LogP contribution is 2.24. The molecular weight excluding hydrogens is 400 g/mol. The largest absolute Gasteiger partial charge is 0.492 e. The molecule has 3 rings (SSSR count). The Hall–Kier alpha value is -2.09. The predicted molar refractivity (Wildman–Crippen MR) is 108 cm³/mol. The fourth-order valence-corrected chi connectivity index (χ4v) is 4.23. The summed E-state index contributed by atoms with van der Waals surface area (Å²) in [5.74, 6) is 0.230. The maximum Gasteiger partial charge on any atom is 0.241 e. The molecule has 1 aliphatic rings. The van der Waals surface area contributed by atoms with Gasteiger partial charge in [0.2, 0.25) is 15.9 Å². The van der Waals surface area contributed by atoms with E-state index in [0.717, 1.165) is 31.2 Å². The maximum absolute atomic E-state index is 12.4. The Bertz CT molecular complexity index is 930. The summed E-state index contributed by atoms with van der Waals surface area (Å²) in [5, 5.41) is 3.24. The molecule has 6 nitrogen and oxygen atoms in total. The Labute approximate surface area is 170 Å². The molecule has 1 amide bonds. The summed E-state index contributed by atoms with van der Waals surface area (Å²) in [7, 11) is -3.72. The van der Waals surface area contributed by atoms with Crippen molar-refractivity contribution < 1.29 is 17.9 Å². The van der Waals surface area contributed by atoms with Gasteiger partial charge in [-0.05, 0) is 73.2 Å². The Balaban J connectivity index is 1.43. The third-order valence-corrected chi connectivity index (χ3v) is 6.21. The van der Waals surface area contributed by atoms with Gasteiger partial charge in [0.05, 0.1) is 18.0 Å². The summed E-state index contributed by atoms with van der Waals surface area (Å²) in [6.07, 6.45) is 4.10. The quantitative estimate of drug-likeness (QED) is 0.640. The van der Waals surface area contributed by atoms with Crippen LogP contribution in [0.15, 0.2) is 47.4 Å². The van der Waals surface area contributed by atoms with E-state index in [1.165, 1.54) is 5.56 Å². The Morgan fingerprint density at radius 2 is 1.75 bits per heavy atom. The lowest BCUT2D eigenvalue weighted by atomic mass is 9.92. The number of rotatable bonds is 8. The molecule has 0 radical (unpaired) electrons. The minimum Gasteiger partial charge on any atom is -0.492 e. The number of carbonyl (C=O) groups excluding carboxylic acids is 1. The Morgan fingerprint density at radius 1 is 1.04 bits per heavy atom. The maximum atomic E-state index is 12.4. The van der Waals surface area contributed by atoms with Crippen molar-refractivity contribution in [3.05, 3.63) is 58.6 Å². The van der Waals surface area contributed by atoms with Gasteiger partial charge >= 0.3 is 0 Å². The summed E-state index contributed by atoms with van der Waals surface area (Å²) in [5.41, 5.74) is 2.29. The molecule has 0 fully saturated rings. The van der Waals surface area contributed by atoms with Crippen LogP contribution in [0.1, 0.15) is 24.0 Å². The van der Waals surface area contributed by atoms with Gasteiger partial charge in [-0.15, -0.1) is 0 Å². The number of sulfonamides is 1. The molecule has 8 heteroatoms. The van der Waals surface area contributed by atoms with E-state index >= 15 is 0 Å². The number of benzene rings is 2. The zero-order valence-corrected chi connectivity index (χ0v) is 17.0. The summed E-state index contributed by atoms with van der Waals surface area (Å²) in [4.78, 5) is 12.1. The number of nitrogens with one attached hydrogen (secondary N) is 2. The number of amides is 1. The molecule has 0 saturated heterocycles. The van der Waals surface area contributed by atoms with Crippen molar-refractivity contribution in [1.82, 2.24) is 10.0 Å². The van der Waals surface area contributed by atoms with E-state index in [9.17, 15) is 13.2 Å². The van der Waals surface area contributed by atoms with Crippen molar-refractivity contribution in [3.8, 4) is 5.75 Å². The predicted octanol–water partition coefficient (Wildman–Crippen LogP) is 2.69. The second-order valence-electron chi connectivity index (χ2n) is 6.61. The van der Waals surface area contributed by atoms with E-state index in [-0.39, 0.29) is 24.6 Å². The van der Waals surface area contributed by atoms with Crippen LogP contribution in [0.4, 0.5) is 0 Å². The summed E-state index contributed by atoms with van der Waals surface area (Å²) in [6, 6.07) is 12.1. The van der Waals surface area contributed by atoms with Crippen molar-refractivity contribution in [1.29, 1.82) is 0 Å². The zero-order chi connectivity index (χ0) is 20.0. The van der Waals surface area contributed by atoms with E-state index in [2.05, 4.69) is 10.0 Å². The fourth-order valence-electron chi connectivity index (χ4n) is 3.07. The Morgan fingerprint density at radius 3 is 2.50 bits per heavy atom. The third-order valence-electron chi connectivity index (χ3n) is 4.56. The SMILES string of the molecule is O=C(CNS(=O)(=O)c1ccc2c(c1)CCCC2)NCCOc1ccc(Cl)cc1. The molecule has 0 aliphatic heterocycles. The van der Waals surface area contributed by atoms with Gasteiger partial charge in [-0.3, -0.25) is 4.79 Å². The lowest BCUT2D eigenvalue weighted by Gasteiger charge is -2.16. The summed E-state index contributed by atoms with van der Waals surface area (Å²) >= 11 is 5.80. The highest BCUT2D eigenvalue weighted by molar-refractivity contribution is 7.89. The van der Waals surface area contributed by atoms with Crippen molar-refractivity contribution in [2.75, 3.05) is 19.7 Å². The van der Waals surface area contributed by atoms with Crippen LogP contribution in [0.5, 0.6) is 5.75 Å². The van der Waals surface area contributed by atoms with Crippen LogP contribution in [0.3, 0.4) is 0 Å². The number of fused-ring (bicyclic) bond motifs is 1. The third kappa shape index (κ3) is 5.70. The van der Waals surface area contributed by atoms with Crippen LogP contribution in [-0.2, 0) is 27.7 Å². The van der Waals surface area contributed by atoms with Gasteiger partial charge in [0.15, 0.2) is 0 Å². The van der Waals surface area contributed by atoms with Crippen LogP contribution in [-0.4, -0.2) is 34.0 Å². The second-order valence-corrected chi connectivity index (χ2v) is 8.82. The van der Waals surface area contributed by atoms with Crippen LogP contribution in [0.2, 0.25) is 5.02 Å². The zero-order valence-electron chi connectivity index (χ0n) is 15.4. The van der Waals surface area contributed by atoms with Gasteiger partial charge < -0.3 is 10.1 Å². The molecule has 0 spiro atoms. The van der Waals surface area contributed by atoms with Gasteiger partial charge in [-0.2, -0.15) is 0 Å². The molecule has 150 valence electrons. The van der Waals surface area contributed by atoms with Crippen molar-refractivity contribution in [2.45, 2.75) is 30.6 Å². The second kappa shape index (κ2) is 9.41. The number of hydrogen-bond donors (Lipinski definition) is 2. The standard InChI is InChI=1S/C20H23ClN2O4S/c21-17-6-8-18(9-7-17)27-12-11-22-20(24)14-23-28(25,26)19-10-5-15-3-1-2-4-16(15)13-19/h5-10,13,23H,1-4,11-12,14H2,(H,22,24). The molecule has 0 aromatic heterocycles. The number of aryl methyl sites for hydroxylation is 2. The van der Waals surface area contributed by atoms with Gasteiger partial charge in [0.1, 0.15) is 12.4 Å². The first kappa shape index (κ1) is 20.6. The van der Waals surface area contributed by atoms with Gasteiger partial charge in [0.25, 0.3) is 0 Å². The number of carbonyl (C=O) groups is 1. The average molecular weight is 423 g/mol. The monoisotopic (exact) mass is 422 g/mol. The first-order chi connectivity index (χ1) is 13.4. The van der Waals surface area contributed by atoms with E-state index in [1.54, 1.807) is 36.4 Å². The molecule has 0 heterocycles. The molecular formula is C20H23ClN2O4S. The molecule has 0 atom stereocenters. The lowest BCUT2D eigenvalue weighted by molar-refractivity contribution is -0.120. The van der Waals surface area contributed by atoms with E-state index in [0.29, 0.717) is 10.8 Å². The number of halogens is 1. The molecule has 0 saturated carbocycles. The topological polar surface area (TPSA) is 84.5 Å². The minimum atomic E-state index is -3.72. The van der Waals surface area contributed by atoms with Gasteiger partial charge in [-0.1, -0.05) is 17.7 Å². The molecule has 2 N–H and O–H groups in total. The minimum absolute atomic E-state index is 0.201. The lowest BCUT2D eigenvalue weighted by Crippen LogP contribution is -2.38. The van der Waals surface area contributed by atoms with Crippen molar-refractivity contribution >= 4 is 27.5 Å². The molecule has 28 heavy (non-hydrogen) atoms. The average Bonchev–Trinajstić information content (AvgIpc) is 2.70. The summed E-state index contributed by atoms with van der Waals surface area (Å²) in [6.45, 7) is 0.216. The molecule has 2 aromatic rings. The smallest absolute Gasteiger partial charge is 0.241 e. The van der Waals surface area contributed by atoms with Crippen LogP contribution < -0.4 is 14.8 Å². The first-order valence-electron chi connectivity index (χ1n) is 9.20. The summed E-state index contributed by atoms with van der Waals surface area (Å²) < 4.78 is 32.7. The van der Waals surface area contributed by atoms with E-state index in [1.807, 2.05) is 6.07 Å². The van der Waals surface area contributed by atoms with Gasteiger partial charge in [0, 0.05) is 5.02 Å². The first-order valence-corrected chi connectivity index (χ1v) is 11.1. The fraction of sp³-hybridized carbons (Fsp3) is 0.350. The number of hydrogen-bond acceptors (Lipinski definition) is 4. The van der Waals surface area contributed by atoms with Crippen molar-refractivity contribution in [2.24, 2.45) is 0 Å². The van der Waals surface area contributed by atoms with Gasteiger partial charge in [-0.25, -0.2) is 13.1 Å². The number of ether oxygens (including phenoxy) is 1. The normalized spacial score (nSPS) is 13.6. The Kier molecular flexibility index (Phi) is 6.93. The van der Waals surface area contributed by atoms with E-state index in [4.69, 9.17) is 16.3 Å². The van der Waals surface area contributed by atoms with E-state index < -0.39 is 15.9 Å². The van der Waals surface area contributed by atoms with Crippen LogP contribution >= 0.6 is 11.6 Å². The molecule has 1 aliphatic carbocycles. The van der Waals surface area contributed by atoms with Crippen LogP contribution in [0.25, 0.3) is 0 Å². The molecule has 0 bridgehead atoms. The van der Waals surface area contributed by atoms with Crippen molar-refractivity contribution in [3.63, 3.8) is 0 Å². The molecule has 0 unspecified atom stereocenters. The highest BCUT2D eigenvalue weighted by atomic mass is 35.5. The van der Waals surface area contributed by atoms with Crippen LogP contribution in [0, 0.1) is 0 Å². The highest BCUT2D eigenvalue weighted by Gasteiger charge is 2.18.